The van der Waals surface area contributed by atoms with Crippen molar-refractivity contribution in [2.24, 2.45) is 0 Å². The highest BCUT2D eigenvalue weighted by Crippen LogP contribution is 2.27. The van der Waals surface area contributed by atoms with Crippen molar-refractivity contribution in [3.63, 3.8) is 0 Å². The average Bonchev–Trinajstić information content (AvgIpc) is 2.50. The van der Waals surface area contributed by atoms with Gasteiger partial charge >= 0.3 is 0 Å². The molecule has 2 N–H and O–H groups in total. The predicted molar refractivity (Wildman–Crippen MR) is 97.9 cm³/mol. The third-order valence-corrected chi connectivity index (χ3v) is 4.87. The second kappa shape index (κ2) is 9.37. The van der Waals surface area contributed by atoms with Crippen molar-refractivity contribution in [2.75, 3.05) is 50.6 Å². The van der Waals surface area contributed by atoms with Crippen LogP contribution in [-0.4, -0.2) is 62.1 Å². The predicted octanol–water partition coefficient (Wildman–Crippen LogP) is 2.31. The summed E-state index contributed by atoms with van der Waals surface area (Å²) in [5.41, 5.74) is 0.698. The summed E-state index contributed by atoms with van der Waals surface area (Å²) < 4.78 is 5.63. The molecular formula is C16H24ClN3O2S. The number of likely N-dealkylation sites (N-methyl/N-ethyl adjacent to an activating group) is 1. The van der Waals surface area contributed by atoms with Crippen molar-refractivity contribution in [1.29, 1.82) is 0 Å². The van der Waals surface area contributed by atoms with E-state index in [0.29, 0.717) is 29.5 Å². The minimum Gasteiger partial charge on any atom is -0.491 e. The van der Waals surface area contributed by atoms with Crippen molar-refractivity contribution in [3.8, 4) is 5.75 Å². The molecule has 1 aliphatic rings. The molecule has 1 unspecified atom stereocenters. The van der Waals surface area contributed by atoms with Gasteiger partial charge in [-0.05, 0) is 32.3 Å². The SMILES string of the molecule is CN(C)CCOc1ccc(NC(=O)CC2CSCCN2)cc1Cl. The van der Waals surface area contributed by atoms with Gasteiger partial charge in [0.15, 0.2) is 0 Å². The first kappa shape index (κ1) is 18.4. The molecule has 1 aromatic rings. The van der Waals surface area contributed by atoms with Gasteiger partial charge in [0.2, 0.25) is 5.91 Å². The first-order valence-electron chi connectivity index (χ1n) is 7.72. The van der Waals surface area contributed by atoms with Crippen molar-refractivity contribution in [3.05, 3.63) is 23.2 Å². The minimum atomic E-state index is 0.00217. The molecular weight excluding hydrogens is 334 g/mol. The molecule has 1 aromatic carbocycles. The summed E-state index contributed by atoms with van der Waals surface area (Å²) in [5.74, 6) is 2.73. The third-order valence-electron chi connectivity index (χ3n) is 3.44. The zero-order chi connectivity index (χ0) is 16.7. The smallest absolute Gasteiger partial charge is 0.225 e. The molecule has 23 heavy (non-hydrogen) atoms. The van der Waals surface area contributed by atoms with Crippen LogP contribution >= 0.6 is 23.4 Å². The topological polar surface area (TPSA) is 53.6 Å². The number of thioether (sulfide) groups is 1. The van der Waals surface area contributed by atoms with Crippen molar-refractivity contribution >= 4 is 35.0 Å². The molecule has 5 nitrogen and oxygen atoms in total. The molecule has 1 amide bonds. The summed E-state index contributed by atoms with van der Waals surface area (Å²) in [4.78, 5) is 14.1. The number of nitrogens with zero attached hydrogens (tertiary/aromatic N) is 1. The van der Waals surface area contributed by atoms with Crippen LogP contribution in [-0.2, 0) is 4.79 Å². The molecule has 0 aliphatic carbocycles. The summed E-state index contributed by atoms with van der Waals surface area (Å²) in [7, 11) is 3.98. The molecule has 0 radical (unpaired) electrons. The summed E-state index contributed by atoms with van der Waals surface area (Å²) in [6.07, 6.45) is 0.478. The zero-order valence-corrected chi connectivity index (χ0v) is 15.2. The van der Waals surface area contributed by atoms with Crippen molar-refractivity contribution in [2.45, 2.75) is 12.5 Å². The van der Waals surface area contributed by atoms with Gasteiger partial charge in [-0.1, -0.05) is 11.6 Å². The highest BCUT2D eigenvalue weighted by atomic mass is 35.5. The Bertz CT molecular complexity index is 522. The van der Waals surface area contributed by atoms with Crippen molar-refractivity contribution in [1.82, 2.24) is 10.2 Å². The van der Waals surface area contributed by atoms with Gasteiger partial charge in [-0.25, -0.2) is 0 Å². The Hall–Kier alpha value is -0.950. The Morgan fingerprint density at radius 2 is 2.35 bits per heavy atom. The van der Waals surface area contributed by atoms with Gasteiger partial charge in [0, 0.05) is 42.7 Å². The van der Waals surface area contributed by atoms with Gasteiger partial charge in [-0.2, -0.15) is 11.8 Å². The monoisotopic (exact) mass is 357 g/mol. The number of benzene rings is 1. The van der Waals surface area contributed by atoms with E-state index >= 15 is 0 Å². The van der Waals surface area contributed by atoms with Crippen LogP contribution in [0.25, 0.3) is 0 Å². The minimum absolute atomic E-state index is 0.00217. The van der Waals surface area contributed by atoms with E-state index in [2.05, 4.69) is 10.6 Å². The summed E-state index contributed by atoms with van der Waals surface area (Å²) >= 11 is 8.10. The lowest BCUT2D eigenvalue weighted by molar-refractivity contribution is -0.116. The molecule has 1 fully saturated rings. The molecule has 1 heterocycles. The van der Waals surface area contributed by atoms with E-state index in [9.17, 15) is 4.79 Å². The average molecular weight is 358 g/mol. The van der Waals surface area contributed by atoms with E-state index in [-0.39, 0.29) is 11.9 Å². The van der Waals surface area contributed by atoms with Gasteiger partial charge in [0.1, 0.15) is 12.4 Å². The maximum atomic E-state index is 12.1. The number of halogens is 1. The van der Waals surface area contributed by atoms with Crippen LogP contribution in [0, 0.1) is 0 Å². The number of hydrogen-bond donors (Lipinski definition) is 2. The molecule has 128 valence electrons. The van der Waals surface area contributed by atoms with Crippen LogP contribution in [0.2, 0.25) is 5.02 Å². The Morgan fingerprint density at radius 3 is 3.00 bits per heavy atom. The van der Waals surface area contributed by atoms with Crippen LogP contribution in [0.3, 0.4) is 0 Å². The number of amides is 1. The lowest BCUT2D eigenvalue weighted by Gasteiger charge is -2.22. The van der Waals surface area contributed by atoms with E-state index in [1.165, 1.54) is 0 Å². The van der Waals surface area contributed by atoms with Crippen molar-refractivity contribution < 1.29 is 9.53 Å². The standard InChI is InChI=1S/C16H24ClN3O2S/c1-20(2)6-7-22-15-4-3-12(9-14(15)17)19-16(21)10-13-11-23-8-5-18-13/h3-4,9,13,18H,5-8,10-11H2,1-2H3,(H,19,21). The Morgan fingerprint density at radius 1 is 1.52 bits per heavy atom. The summed E-state index contributed by atoms with van der Waals surface area (Å²) in [5, 5.41) is 6.76. The number of anilines is 1. The number of nitrogens with one attached hydrogen (secondary N) is 2. The van der Waals surface area contributed by atoms with Gasteiger partial charge in [0.25, 0.3) is 0 Å². The molecule has 1 aliphatic heterocycles. The fourth-order valence-corrected chi connectivity index (χ4v) is 3.40. The summed E-state index contributed by atoms with van der Waals surface area (Å²) in [6, 6.07) is 5.59. The van der Waals surface area contributed by atoms with E-state index in [1.54, 1.807) is 12.1 Å². The van der Waals surface area contributed by atoms with E-state index < -0.39 is 0 Å². The number of rotatable bonds is 7. The second-order valence-corrected chi connectivity index (χ2v) is 7.33. The molecule has 7 heteroatoms. The van der Waals surface area contributed by atoms with Crippen LogP contribution in [0.5, 0.6) is 5.75 Å². The maximum Gasteiger partial charge on any atom is 0.225 e. The molecule has 0 saturated carbocycles. The van der Waals surface area contributed by atoms with Crippen LogP contribution in [0.1, 0.15) is 6.42 Å². The molecule has 1 saturated heterocycles. The van der Waals surface area contributed by atoms with Crippen LogP contribution in [0.15, 0.2) is 18.2 Å². The van der Waals surface area contributed by atoms with Crippen LogP contribution in [0.4, 0.5) is 5.69 Å². The van der Waals surface area contributed by atoms with Gasteiger partial charge in [-0.15, -0.1) is 0 Å². The van der Waals surface area contributed by atoms with Crippen LogP contribution < -0.4 is 15.4 Å². The number of carbonyl (C=O) groups is 1. The number of carbonyl (C=O) groups excluding carboxylic acids is 1. The molecule has 0 aromatic heterocycles. The Kier molecular flexibility index (Phi) is 7.49. The second-order valence-electron chi connectivity index (χ2n) is 5.78. The highest BCUT2D eigenvalue weighted by molar-refractivity contribution is 7.99. The fraction of sp³-hybridized carbons (Fsp3) is 0.562. The molecule has 0 bridgehead atoms. The maximum absolute atomic E-state index is 12.1. The van der Waals surface area contributed by atoms with Gasteiger partial charge in [0.05, 0.1) is 5.02 Å². The van der Waals surface area contributed by atoms with E-state index in [4.69, 9.17) is 16.3 Å². The lowest BCUT2D eigenvalue weighted by atomic mass is 10.2. The molecule has 2 rings (SSSR count). The Labute approximate surface area is 147 Å². The molecule has 1 atom stereocenters. The van der Waals surface area contributed by atoms with E-state index in [1.807, 2.05) is 36.8 Å². The quantitative estimate of drug-likeness (QED) is 0.784. The highest BCUT2D eigenvalue weighted by Gasteiger charge is 2.17. The fourth-order valence-electron chi connectivity index (χ4n) is 2.22. The number of ether oxygens (including phenoxy) is 1. The lowest BCUT2D eigenvalue weighted by Crippen LogP contribution is -2.39. The largest absolute Gasteiger partial charge is 0.491 e. The molecule has 0 spiro atoms. The third kappa shape index (κ3) is 6.59. The normalized spacial score (nSPS) is 18.0. The first-order valence-corrected chi connectivity index (χ1v) is 9.26. The first-order chi connectivity index (χ1) is 11.0. The van der Waals surface area contributed by atoms with Gasteiger partial charge < -0.3 is 20.3 Å². The van der Waals surface area contributed by atoms with E-state index in [0.717, 1.165) is 24.6 Å². The number of hydrogen-bond acceptors (Lipinski definition) is 5. The summed E-state index contributed by atoms with van der Waals surface area (Å²) in [6.45, 7) is 2.36. The zero-order valence-electron chi connectivity index (χ0n) is 13.6. The van der Waals surface area contributed by atoms with Gasteiger partial charge in [-0.3, -0.25) is 4.79 Å². The Balaban J connectivity index is 1.83.